The first-order chi connectivity index (χ1) is 4.63. The summed E-state index contributed by atoms with van der Waals surface area (Å²) in [6.07, 6.45) is 2.49. The van der Waals surface area contributed by atoms with Crippen LogP contribution in [0.25, 0.3) is 0 Å². The summed E-state index contributed by atoms with van der Waals surface area (Å²) < 4.78 is 0. The largest absolute Gasteiger partial charge is 0.0878 e. The van der Waals surface area contributed by atoms with Crippen molar-refractivity contribution in [2.45, 2.75) is 32.2 Å². The molecule has 0 unspecified atom stereocenters. The van der Waals surface area contributed by atoms with Gasteiger partial charge in [0, 0.05) is 19.3 Å². The first-order valence-electron chi connectivity index (χ1n) is 3.19. The van der Waals surface area contributed by atoms with E-state index in [1.165, 1.54) is 12.8 Å². The first-order valence-corrected chi connectivity index (χ1v) is 6.85. The lowest BCUT2D eigenvalue weighted by molar-refractivity contribution is 0.574. The molecule has 4 atom stereocenters. The van der Waals surface area contributed by atoms with E-state index in [0.717, 1.165) is 0 Å². The van der Waals surface area contributed by atoms with E-state index in [9.17, 15) is 0 Å². The zero-order valence-corrected chi connectivity index (χ0v) is 11.6. The molecule has 0 N–H and O–H groups in total. The standard InChI is InChI=1S/C6H8Br4/c7-3-1-2-4(8)6(10)5(3)9/h3-6H,1-2H2/t3-,4-,5+,6+/m1/s1. The van der Waals surface area contributed by atoms with Gasteiger partial charge >= 0.3 is 0 Å². The second kappa shape index (κ2) is 4.24. The van der Waals surface area contributed by atoms with Gasteiger partial charge in [-0.05, 0) is 12.8 Å². The third kappa shape index (κ3) is 2.20. The maximum atomic E-state index is 3.64. The Kier molecular flexibility index (Phi) is 4.24. The smallest absolute Gasteiger partial charge is 0.0407 e. The van der Waals surface area contributed by atoms with Crippen molar-refractivity contribution in [2.75, 3.05) is 0 Å². The Morgan fingerprint density at radius 2 is 1.00 bits per heavy atom. The van der Waals surface area contributed by atoms with Crippen molar-refractivity contribution in [3.8, 4) is 0 Å². The average Bonchev–Trinajstić information content (AvgIpc) is 1.93. The molecular weight excluding hydrogens is 392 g/mol. The molecule has 0 heterocycles. The molecule has 0 spiro atoms. The predicted octanol–water partition coefficient (Wildman–Crippen LogP) is 3.83. The molecule has 0 aliphatic heterocycles. The molecule has 0 saturated heterocycles. The SMILES string of the molecule is Br[C@@H]1[C@@H](Br)[C@H](Br)CC[C@H]1Br. The molecule has 0 aromatic carbocycles. The van der Waals surface area contributed by atoms with Crippen molar-refractivity contribution in [1.82, 2.24) is 0 Å². The van der Waals surface area contributed by atoms with Crippen LogP contribution in [0.15, 0.2) is 0 Å². The van der Waals surface area contributed by atoms with Gasteiger partial charge in [0.15, 0.2) is 0 Å². The van der Waals surface area contributed by atoms with Crippen LogP contribution in [0.4, 0.5) is 0 Å². The number of rotatable bonds is 0. The molecule has 10 heavy (non-hydrogen) atoms. The van der Waals surface area contributed by atoms with E-state index in [4.69, 9.17) is 0 Å². The first kappa shape index (κ1) is 10.0. The van der Waals surface area contributed by atoms with E-state index in [2.05, 4.69) is 63.7 Å². The number of halogens is 4. The van der Waals surface area contributed by atoms with Gasteiger partial charge in [0.05, 0.1) is 0 Å². The van der Waals surface area contributed by atoms with Crippen LogP contribution in [0, 0.1) is 0 Å². The van der Waals surface area contributed by atoms with Crippen LogP contribution < -0.4 is 0 Å². The summed E-state index contributed by atoms with van der Waals surface area (Å²) in [5.41, 5.74) is 0. The molecule has 0 radical (unpaired) electrons. The highest BCUT2D eigenvalue weighted by atomic mass is 79.9. The van der Waals surface area contributed by atoms with Crippen molar-refractivity contribution < 1.29 is 0 Å². The molecule has 0 nitrogen and oxygen atoms in total. The fourth-order valence-corrected chi connectivity index (χ4v) is 4.31. The molecule has 1 aliphatic carbocycles. The summed E-state index contributed by atoms with van der Waals surface area (Å²) in [5.74, 6) is 0. The summed E-state index contributed by atoms with van der Waals surface area (Å²) in [4.78, 5) is 2.33. The van der Waals surface area contributed by atoms with Crippen LogP contribution in [0.5, 0.6) is 0 Å². The second-order valence-electron chi connectivity index (χ2n) is 2.50. The Bertz CT molecular complexity index is 102. The van der Waals surface area contributed by atoms with E-state index >= 15 is 0 Å². The summed E-state index contributed by atoms with van der Waals surface area (Å²) in [6, 6.07) is 0. The Balaban J connectivity index is 2.52. The Morgan fingerprint density at radius 1 is 0.700 bits per heavy atom. The lowest BCUT2D eigenvalue weighted by Gasteiger charge is -2.31. The van der Waals surface area contributed by atoms with E-state index < -0.39 is 0 Å². The average molecular weight is 400 g/mol. The summed E-state index contributed by atoms with van der Waals surface area (Å²) >= 11 is 14.5. The van der Waals surface area contributed by atoms with Gasteiger partial charge in [-0.15, -0.1) is 0 Å². The molecule has 0 bridgehead atoms. The third-order valence-electron chi connectivity index (χ3n) is 1.71. The van der Waals surface area contributed by atoms with E-state index in [1.54, 1.807) is 0 Å². The minimum atomic E-state index is 0.547. The molecule has 60 valence electrons. The summed E-state index contributed by atoms with van der Waals surface area (Å²) in [6.45, 7) is 0. The Hall–Kier alpha value is 1.92. The van der Waals surface area contributed by atoms with E-state index in [0.29, 0.717) is 19.3 Å². The highest BCUT2D eigenvalue weighted by Crippen LogP contribution is 2.37. The van der Waals surface area contributed by atoms with Crippen LogP contribution in [-0.4, -0.2) is 19.3 Å². The van der Waals surface area contributed by atoms with E-state index in [1.807, 2.05) is 0 Å². The van der Waals surface area contributed by atoms with Crippen molar-refractivity contribution in [3.63, 3.8) is 0 Å². The van der Waals surface area contributed by atoms with E-state index in [-0.39, 0.29) is 0 Å². The lowest BCUT2D eigenvalue weighted by atomic mass is 10.0. The predicted molar refractivity (Wildman–Crippen MR) is 60.1 cm³/mol. The lowest BCUT2D eigenvalue weighted by Crippen LogP contribution is -2.36. The highest BCUT2D eigenvalue weighted by molar-refractivity contribution is 9.14. The molecule has 1 aliphatic rings. The van der Waals surface area contributed by atoms with Crippen molar-refractivity contribution in [1.29, 1.82) is 0 Å². The highest BCUT2D eigenvalue weighted by Gasteiger charge is 2.33. The van der Waals surface area contributed by atoms with Gasteiger partial charge in [0.2, 0.25) is 0 Å². The van der Waals surface area contributed by atoms with Gasteiger partial charge in [0.25, 0.3) is 0 Å². The Morgan fingerprint density at radius 3 is 1.30 bits per heavy atom. The van der Waals surface area contributed by atoms with Crippen LogP contribution >= 0.6 is 63.7 Å². The quantitative estimate of drug-likeness (QED) is 0.543. The molecule has 0 aromatic rings. The molecule has 1 rings (SSSR count). The molecule has 4 heteroatoms. The van der Waals surface area contributed by atoms with Crippen LogP contribution in [0.3, 0.4) is 0 Å². The van der Waals surface area contributed by atoms with Crippen molar-refractivity contribution >= 4 is 63.7 Å². The zero-order valence-electron chi connectivity index (χ0n) is 5.24. The number of hydrogen-bond donors (Lipinski definition) is 0. The van der Waals surface area contributed by atoms with Gasteiger partial charge in [-0.2, -0.15) is 0 Å². The van der Waals surface area contributed by atoms with Crippen LogP contribution in [0.1, 0.15) is 12.8 Å². The monoisotopic (exact) mass is 396 g/mol. The summed E-state index contributed by atoms with van der Waals surface area (Å²) in [7, 11) is 0. The minimum Gasteiger partial charge on any atom is -0.0878 e. The van der Waals surface area contributed by atoms with Gasteiger partial charge in [-0.1, -0.05) is 63.7 Å². The fourth-order valence-electron chi connectivity index (χ4n) is 1.04. The molecule has 0 aromatic heterocycles. The number of alkyl halides is 4. The van der Waals surface area contributed by atoms with Gasteiger partial charge in [-0.3, -0.25) is 0 Å². The zero-order chi connectivity index (χ0) is 7.72. The fraction of sp³-hybridized carbons (Fsp3) is 1.00. The van der Waals surface area contributed by atoms with Gasteiger partial charge in [0.1, 0.15) is 0 Å². The van der Waals surface area contributed by atoms with Gasteiger partial charge in [-0.25, -0.2) is 0 Å². The Labute approximate surface area is 95.0 Å². The summed E-state index contributed by atoms with van der Waals surface area (Å²) in [5, 5.41) is 0. The van der Waals surface area contributed by atoms with Crippen LogP contribution in [-0.2, 0) is 0 Å². The second-order valence-corrected chi connectivity index (χ2v) is 6.97. The van der Waals surface area contributed by atoms with Gasteiger partial charge < -0.3 is 0 Å². The van der Waals surface area contributed by atoms with Crippen molar-refractivity contribution in [2.24, 2.45) is 0 Å². The van der Waals surface area contributed by atoms with Crippen LogP contribution in [0.2, 0.25) is 0 Å². The maximum Gasteiger partial charge on any atom is 0.0407 e. The normalized spacial score (nSPS) is 49.2. The maximum absolute atomic E-state index is 3.64. The molecule has 1 fully saturated rings. The molecule has 1 saturated carbocycles. The topological polar surface area (TPSA) is 0 Å². The third-order valence-corrected chi connectivity index (χ3v) is 8.31. The molecular formula is C6H8Br4. The molecule has 0 amide bonds. The number of hydrogen-bond acceptors (Lipinski definition) is 0. The van der Waals surface area contributed by atoms with Crippen molar-refractivity contribution in [3.05, 3.63) is 0 Å². The minimum absolute atomic E-state index is 0.547.